The van der Waals surface area contributed by atoms with Crippen LogP contribution in [0.25, 0.3) is 0 Å². The van der Waals surface area contributed by atoms with Crippen LogP contribution in [0.5, 0.6) is 0 Å². The van der Waals surface area contributed by atoms with Gasteiger partial charge in [0, 0.05) is 25.0 Å². The van der Waals surface area contributed by atoms with Gasteiger partial charge in [-0.2, -0.15) is 0 Å². The number of nitrogens with zero attached hydrogens (tertiary/aromatic N) is 2. The molecule has 0 bridgehead atoms. The van der Waals surface area contributed by atoms with Gasteiger partial charge in [0.1, 0.15) is 5.01 Å². The largest absolute Gasteiger partial charge is 0.342 e. The van der Waals surface area contributed by atoms with Crippen molar-refractivity contribution < 1.29 is 4.79 Å². The Hall–Kier alpha value is -0.940. The molecule has 94 valence electrons. The maximum atomic E-state index is 12.1. The molecule has 2 rings (SSSR count). The van der Waals surface area contributed by atoms with E-state index < -0.39 is 0 Å². The Balaban J connectivity index is 1.91. The molecule has 1 aliphatic rings. The van der Waals surface area contributed by atoms with Gasteiger partial charge in [-0.1, -0.05) is 6.92 Å². The molecule has 1 fully saturated rings. The Bertz CT molecular complexity index is 391. The summed E-state index contributed by atoms with van der Waals surface area (Å²) in [6, 6.07) is 0. The molecule has 1 aromatic heterocycles. The minimum atomic E-state index is 0.199. The van der Waals surface area contributed by atoms with Gasteiger partial charge in [0.2, 0.25) is 5.91 Å². The zero-order valence-corrected chi connectivity index (χ0v) is 11.0. The quantitative estimate of drug-likeness (QED) is 0.886. The van der Waals surface area contributed by atoms with Crippen LogP contribution < -0.4 is 5.73 Å². The van der Waals surface area contributed by atoms with E-state index in [1.54, 1.807) is 0 Å². The van der Waals surface area contributed by atoms with Crippen molar-refractivity contribution in [3.8, 4) is 0 Å². The number of rotatable bonds is 3. The normalized spacial score (nSPS) is 20.6. The highest BCUT2D eigenvalue weighted by Gasteiger charge is 2.21. The summed E-state index contributed by atoms with van der Waals surface area (Å²) in [5.41, 5.74) is 6.37. The molecule has 0 aliphatic carbocycles. The first-order valence-electron chi connectivity index (χ1n) is 6.10. The molecule has 1 aromatic rings. The van der Waals surface area contributed by atoms with Crippen LogP contribution in [0.1, 0.15) is 30.5 Å². The molecule has 1 aliphatic heterocycles. The first-order valence-corrected chi connectivity index (χ1v) is 6.98. The highest BCUT2D eigenvalue weighted by Crippen LogP contribution is 2.17. The molecular weight excluding hydrogens is 234 g/mol. The molecule has 1 amide bonds. The lowest BCUT2D eigenvalue weighted by atomic mass is 10.00. The van der Waals surface area contributed by atoms with Crippen molar-refractivity contribution in [3.05, 3.63) is 16.1 Å². The highest BCUT2D eigenvalue weighted by molar-refractivity contribution is 7.09. The van der Waals surface area contributed by atoms with Gasteiger partial charge in [0.15, 0.2) is 0 Å². The van der Waals surface area contributed by atoms with Crippen molar-refractivity contribution >= 4 is 17.2 Å². The number of hydrogen-bond donors (Lipinski definition) is 1. The van der Waals surface area contributed by atoms with Gasteiger partial charge < -0.3 is 10.6 Å². The Morgan fingerprint density at radius 1 is 1.71 bits per heavy atom. The SMILES string of the molecule is CC1CCCN(C(=O)Cc2csc(CN)n2)C1. The van der Waals surface area contributed by atoms with Crippen molar-refractivity contribution in [2.24, 2.45) is 11.7 Å². The van der Waals surface area contributed by atoms with Crippen LogP contribution >= 0.6 is 11.3 Å². The van der Waals surface area contributed by atoms with Gasteiger partial charge in [-0.25, -0.2) is 4.98 Å². The first kappa shape index (κ1) is 12.5. The third kappa shape index (κ3) is 3.26. The zero-order chi connectivity index (χ0) is 12.3. The lowest BCUT2D eigenvalue weighted by molar-refractivity contribution is -0.132. The van der Waals surface area contributed by atoms with Crippen LogP contribution in [0.2, 0.25) is 0 Å². The summed E-state index contributed by atoms with van der Waals surface area (Å²) in [6.07, 6.45) is 2.78. The van der Waals surface area contributed by atoms with Gasteiger partial charge in [-0.3, -0.25) is 4.79 Å². The van der Waals surface area contributed by atoms with Gasteiger partial charge in [-0.05, 0) is 18.8 Å². The number of piperidine rings is 1. The van der Waals surface area contributed by atoms with Crippen LogP contribution in [-0.4, -0.2) is 28.9 Å². The van der Waals surface area contributed by atoms with Gasteiger partial charge in [-0.15, -0.1) is 11.3 Å². The van der Waals surface area contributed by atoms with Crippen LogP contribution in [0, 0.1) is 5.92 Å². The molecule has 1 unspecified atom stereocenters. The molecule has 0 aromatic carbocycles. The average Bonchev–Trinajstić information content (AvgIpc) is 2.77. The standard InChI is InChI=1S/C12H19N3OS/c1-9-3-2-4-15(7-9)12(16)5-10-8-17-11(6-13)14-10/h8-9H,2-7,13H2,1H3. The van der Waals surface area contributed by atoms with Crippen molar-refractivity contribution in [1.82, 2.24) is 9.88 Å². The zero-order valence-electron chi connectivity index (χ0n) is 10.2. The lowest BCUT2D eigenvalue weighted by Crippen LogP contribution is -2.39. The molecule has 1 saturated heterocycles. The minimum Gasteiger partial charge on any atom is -0.342 e. The second-order valence-corrected chi connectivity index (χ2v) is 5.64. The van der Waals surface area contributed by atoms with E-state index in [0.717, 1.165) is 30.2 Å². The Labute approximate surface area is 106 Å². The van der Waals surface area contributed by atoms with Gasteiger partial charge >= 0.3 is 0 Å². The lowest BCUT2D eigenvalue weighted by Gasteiger charge is -2.30. The molecule has 5 heteroatoms. The summed E-state index contributed by atoms with van der Waals surface area (Å²) < 4.78 is 0. The summed E-state index contributed by atoms with van der Waals surface area (Å²) in [4.78, 5) is 18.4. The summed E-state index contributed by atoms with van der Waals surface area (Å²) >= 11 is 1.53. The number of amides is 1. The van der Waals surface area contributed by atoms with Crippen LogP contribution in [0.15, 0.2) is 5.38 Å². The van der Waals surface area contributed by atoms with E-state index >= 15 is 0 Å². The van der Waals surface area contributed by atoms with E-state index in [-0.39, 0.29) is 5.91 Å². The smallest absolute Gasteiger partial charge is 0.228 e. The molecule has 4 nitrogen and oxygen atoms in total. The second kappa shape index (κ2) is 5.60. The predicted octanol–water partition coefficient (Wildman–Crippen LogP) is 1.40. The molecule has 2 N–H and O–H groups in total. The fourth-order valence-electron chi connectivity index (χ4n) is 2.21. The van der Waals surface area contributed by atoms with E-state index in [0.29, 0.717) is 18.9 Å². The fraction of sp³-hybridized carbons (Fsp3) is 0.667. The Morgan fingerprint density at radius 2 is 2.53 bits per heavy atom. The van der Waals surface area contributed by atoms with Gasteiger partial charge in [0.25, 0.3) is 0 Å². The highest BCUT2D eigenvalue weighted by atomic mass is 32.1. The Morgan fingerprint density at radius 3 is 3.18 bits per heavy atom. The number of aromatic nitrogens is 1. The number of carbonyl (C=O) groups excluding carboxylic acids is 1. The summed E-state index contributed by atoms with van der Waals surface area (Å²) in [5, 5.41) is 2.84. The third-order valence-corrected chi connectivity index (χ3v) is 4.04. The van der Waals surface area contributed by atoms with E-state index in [1.165, 1.54) is 17.8 Å². The maximum Gasteiger partial charge on any atom is 0.228 e. The summed E-state index contributed by atoms with van der Waals surface area (Å²) in [6.45, 7) is 4.46. The summed E-state index contributed by atoms with van der Waals surface area (Å²) in [5.74, 6) is 0.827. The number of carbonyl (C=O) groups is 1. The van der Waals surface area contributed by atoms with Crippen molar-refractivity contribution in [3.63, 3.8) is 0 Å². The predicted molar refractivity (Wildman–Crippen MR) is 68.7 cm³/mol. The van der Waals surface area contributed by atoms with Crippen LogP contribution in [-0.2, 0) is 17.8 Å². The van der Waals surface area contributed by atoms with Gasteiger partial charge in [0.05, 0.1) is 12.1 Å². The number of nitrogens with two attached hydrogens (primary N) is 1. The van der Waals surface area contributed by atoms with Crippen molar-refractivity contribution in [2.75, 3.05) is 13.1 Å². The molecule has 2 heterocycles. The maximum absolute atomic E-state index is 12.1. The molecule has 0 spiro atoms. The monoisotopic (exact) mass is 253 g/mol. The number of hydrogen-bond acceptors (Lipinski definition) is 4. The second-order valence-electron chi connectivity index (χ2n) is 4.70. The minimum absolute atomic E-state index is 0.199. The number of likely N-dealkylation sites (tertiary alicyclic amines) is 1. The fourth-order valence-corrected chi connectivity index (χ4v) is 2.88. The van der Waals surface area contributed by atoms with E-state index in [9.17, 15) is 4.79 Å². The molecule has 17 heavy (non-hydrogen) atoms. The van der Waals surface area contributed by atoms with Crippen LogP contribution in [0.4, 0.5) is 0 Å². The third-order valence-electron chi connectivity index (χ3n) is 3.12. The molecule has 1 atom stereocenters. The first-order chi connectivity index (χ1) is 8.19. The van der Waals surface area contributed by atoms with E-state index in [4.69, 9.17) is 5.73 Å². The molecule has 0 radical (unpaired) electrons. The van der Waals surface area contributed by atoms with E-state index in [1.807, 2.05) is 10.3 Å². The van der Waals surface area contributed by atoms with Crippen molar-refractivity contribution in [2.45, 2.75) is 32.7 Å². The van der Waals surface area contributed by atoms with Crippen LogP contribution in [0.3, 0.4) is 0 Å². The Kier molecular flexibility index (Phi) is 4.12. The topological polar surface area (TPSA) is 59.2 Å². The number of thiazole rings is 1. The van der Waals surface area contributed by atoms with Crippen molar-refractivity contribution in [1.29, 1.82) is 0 Å². The van der Waals surface area contributed by atoms with E-state index in [2.05, 4.69) is 11.9 Å². The summed E-state index contributed by atoms with van der Waals surface area (Å²) in [7, 11) is 0. The molecule has 0 saturated carbocycles. The average molecular weight is 253 g/mol. The molecular formula is C12H19N3OS.